The van der Waals surface area contributed by atoms with Crippen molar-refractivity contribution in [1.29, 1.82) is 5.26 Å². The molecule has 0 fully saturated rings. The molecule has 0 bridgehead atoms. The zero-order chi connectivity index (χ0) is 18.7. The fourth-order valence-corrected chi connectivity index (χ4v) is 4.93. The average Bonchev–Trinajstić information content (AvgIpc) is 2.98. The second-order valence-corrected chi connectivity index (χ2v) is 9.20. The van der Waals surface area contributed by atoms with Gasteiger partial charge in [-0.1, -0.05) is 51.1 Å². The van der Waals surface area contributed by atoms with Gasteiger partial charge in [0.25, 0.3) is 0 Å². The number of nitriles is 1. The normalized spacial score (nSPS) is 16.6. The van der Waals surface area contributed by atoms with Gasteiger partial charge >= 0.3 is 0 Å². The number of Topliss-reactive ketones (excluding diaryl/α,β-unsaturated/α-hetero) is 1. The van der Waals surface area contributed by atoms with Gasteiger partial charge < -0.3 is 5.32 Å². The summed E-state index contributed by atoms with van der Waals surface area (Å²) in [5, 5.41) is 13.9. The van der Waals surface area contributed by atoms with Crippen LogP contribution in [-0.2, 0) is 12.8 Å². The molecule has 1 unspecified atom stereocenters. The molecule has 0 amide bonds. The van der Waals surface area contributed by atoms with Crippen molar-refractivity contribution in [3.63, 3.8) is 0 Å². The van der Waals surface area contributed by atoms with E-state index in [-0.39, 0.29) is 5.78 Å². The van der Waals surface area contributed by atoms with Crippen LogP contribution in [0.2, 0.25) is 0 Å². The molecule has 0 aliphatic heterocycles. The number of fused-ring (bicyclic) bond motifs is 1. The van der Waals surface area contributed by atoms with Crippen LogP contribution >= 0.6 is 11.3 Å². The Balaban J connectivity index is 1.67. The Morgan fingerprint density at radius 3 is 2.69 bits per heavy atom. The fourth-order valence-electron chi connectivity index (χ4n) is 3.63. The fraction of sp³-hybridized carbons (Fsp3) is 0.455. The second-order valence-electron chi connectivity index (χ2n) is 8.09. The van der Waals surface area contributed by atoms with Crippen molar-refractivity contribution in [1.82, 2.24) is 0 Å². The molecule has 136 valence electrons. The highest BCUT2D eigenvalue weighted by molar-refractivity contribution is 7.16. The minimum atomic E-state index is 0.130. The molecular formula is C22H26N2OS. The van der Waals surface area contributed by atoms with Crippen molar-refractivity contribution in [2.45, 2.75) is 46.5 Å². The Bertz CT molecular complexity index is 824. The standard InChI is InChI=1S/C22H26N2OS/c1-22(2,3)16-9-10-17-18(14-23)21(26-20(17)13-16)24-12-11-19(25)15-7-5-4-6-8-15/h4-8,16,24H,9-13H2,1-3H3. The smallest absolute Gasteiger partial charge is 0.164 e. The number of anilines is 1. The van der Waals surface area contributed by atoms with Gasteiger partial charge in [-0.3, -0.25) is 4.79 Å². The maximum atomic E-state index is 12.2. The first-order chi connectivity index (χ1) is 12.4. The van der Waals surface area contributed by atoms with E-state index in [9.17, 15) is 10.1 Å². The first-order valence-electron chi connectivity index (χ1n) is 9.27. The molecule has 1 aromatic carbocycles. The van der Waals surface area contributed by atoms with E-state index in [4.69, 9.17) is 0 Å². The molecule has 0 spiro atoms. The first-order valence-corrected chi connectivity index (χ1v) is 10.1. The van der Waals surface area contributed by atoms with Crippen LogP contribution in [0.3, 0.4) is 0 Å². The maximum absolute atomic E-state index is 12.2. The molecule has 1 heterocycles. The van der Waals surface area contributed by atoms with E-state index < -0.39 is 0 Å². The lowest BCUT2D eigenvalue weighted by atomic mass is 9.72. The first kappa shape index (κ1) is 18.7. The number of rotatable bonds is 5. The van der Waals surface area contributed by atoms with E-state index in [0.717, 1.165) is 35.4 Å². The molecule has 3 nitrogen and oxygen atoms in total. The summed E-state index contributed by atoms with van der Waals surface area (Å²) in [5.41, 5.74) is 3.07. The topological polar surface area (TPSA) is 52.9 Å². The highest BCUT2D eigenvalue weighted by Gasteiger charge is 2.32. The van der Waals surface area contributed by atoms with Crippen LogP contribution in [0.1, 0.15) is 60.0 Å². The summed E-state index contributed by atoms with van der Waals surface area (Å²) in [6.45, 7) is 7.46. The van der Waals surface area contributed by atoms with E-state index in [1.807, 2.05) is 30.3 Å². The van der Waals surface area contributed by atoms with Crippen LogP contribution in [0.25, 0.3) is 0 Å². The Labute approximate surface area is 160 Å². The zero-order valence-electron chi connectivity index (χ0n) is 15.8. The summed E-state index contributed by atoms with van der Waals surface area (Å²) < 4.78 is 0. The molecule has 1 atom stereocenters. The third-order valence-corrected chi connectivity index (χ3v) is 6.55. The molecule has 2 aromatic rings. The van der Waals surface area contributed by atoms with Gasteiger partial charge in [0, 0.05) is 23.4 Å². The summed E-state index contributed by atoms with van der Waals surface area (Å²) in [6.07, 6.45) is 3.63. The largest absolute Gasteiger partial charge is 0.375 e. The Hall–Kier alpha value is -2.12. The van der Waals surface area contributed by atoms with Gasteiger partial charge in [0.2, 0.25) is 0 Å². The monoisotopic (exact) mass is 366 g/mol. The Kier molecular flexibility index (Phi) is 5.48. The molecule has 4 heteroatoms. The van der Waals surface area contributed by atoms with Crippen molar-refractivity contribution in [3.8, 4) is 6.07 Å². The summed E-state index contributed by atoms with van der Waals surface area (Å²) in [4.78, 5) is 13.6. The van der Waals surface area contributed by atoms with Gasteiger partial charge in [0.15, 0.2) is 5.78 Å². The predicted molar refractivity (Wildman–Crippen MR) is 108 cm³/mol. The van der Waals surface area contributed by atoms with Crippen LogP contribution in [0, 0.1) is 22.7 Å². The maximum Gasteiger partial charge on any atom is 0.164 e. The Morgan fingerprint density at radius 1 is 1.31 bits per heavy atom. The number of nitrogens with zero attached hydrogens (tertiary/aromatic N) is 1. The van der Waals surface area contributed by atoms with Gasteiger partial charge in [-0.15, -0.1) is 11.3 Å². The number of carbonyl (C=O) groups excluding carboxylic acids is 1. The Morgan fingerprint density at radius 2 is 2.04 bits per heavy atom. The summed E-state index contributed by atoms with van der Waals surface area (Å²) >= 11 is 1.71. The van der Waals surface area contributed by atoms with E-state index >= 15 is 0 Å². The van der Waals surface area contributed by atoms with E-state index in [1.54, 1.807) is 11.3 Å². The molecule has 3 rings (SSSR count). The molecule has 0 saturated heterocycles. The number of ketones is 1. The van der Waals surface area contributed by atoms with Crippen LogP contribution in [-0.4, -0.2) is 12.3 Å². The SMILES string of the molecule is CC(C)(C)C1CCc2c(sc(NCCC(=O)c3ccccc3)c2C#N)C1. The van der Waals surface area contributed by atoms with E-state index in [0.29, 0.717) is 24.3 Å². The van der Waals surface area contributed by atoms with Gasteiger partial charge in [0.1, 0.15) is 11.1 Å². The molecule has 1 aromatic heterocycles. The highest BCUT2D eigenvalue weighted by atomic mass is 32.1. The van der Waals surface area contributed by atoms with Crippen molar-refractivity contribution in [2.24, 2.45) is 11.3 Å². The quantitative estimate of drug-likeness (QED) is 0.715. The van der Waals surface area contributed by atoms with Crippen LogP contribution in [0.4, 0.5) is 5.00 Å². The molecule has 26 heavy (non-hydrogen) atoms. The lowest BCUT2D eigenvalue weighted by Gasteiger charge is -2.33. The van der Waals surface area contributed by atoms with Gasteiger partial charge in [-0.25, -0.2) is 0 Å². The molecule has 1 N–H and O–H groups in total. The lowest BCUT2D eigenvalue weighted by molar-refractivity contribution is 0.0986. The molecular weight excluding hydrogens is 340 g/mol. The molecule has 0 saturated carbocycles. The van der Waals surface area contributed by atoms with Crippen molar-refractivity contribution < 1.29 is 4.79 Å². The van der Waals surface area contributed by atoms with E-state index in [2.05, 4.69) is 32.2 Å². The molecule has 1 aliphatic rings. The number of nitrogens with one attached hydrogen (secondary N) is 1. The van der Waals surface area contributed by atoms with Gasteiger partial charge in [0.05, 0.1) is 5.56 Å². The van der Waals surface area contributed by atoms with Crippen molar-refractivity contribution in [2.75, 3.05) is 11.9 Å². The third kappa shape index (κ3) is 3.99. The number of carbonyl (C=O) groups is 1. The van der Waals surface area contributed by atoms with Gasteiger partial charge in [-0.05, 0) is 36.2 Å². The highest BCUT2D eigenvalue weighted by Crippen LogP contribution is 2.43. The zero-order valence-corrected chi connectivity index (χ0v) is 16.6. The number of thiophene rings is 1. The molecule has 1 aliphatic carbocycles. The van der Waals surface area contributed by atoms with Crippen molar-refractivity contribution in [3.05, 3.63) is 51.9 Å². The second kappa shape index (κ2) is 7.63. The number of hydrogen-bond donors (Lipinski definition) is 1. The number of benzene rings is 1. The predicted octanol–water partition coefficient (Wildman–Crippen LogP) is 5.46. The minimum absolute atomic E-state index is 0.130. The summed E-state index contributed by atoms with van der Waals surface area (Å²) in [6, 6.07) is 11.8. The molecule has 0 radical (unpaired) electrons. The van der Waals surface area contributed by atoms with Gasteiger partial charge in [-0.2, -0.15) is 5.26 Å². The van der Waals surface area contributed by atoms with Crippen LogP contribution in [0.15, 0.2) is 30.3 Å². The van der Waals surface area contributed by atoms with Crippen LogP contribution < -0.4 is 5.32 Å². The van der Waals surface area contributed by atoms with Crippen molar-refractivity contribution >= 4 is 22.1 Å². The van der Waals surface area contributed by atoms with Crippen LogP contribution in [0.5, 0.6) is 0 Å². The summed E-state index contributed by atoms with van der Waals surface area (Å²) in [5.74, 6) is 0.790. The average molecular weight is 367 g/mol. The third-order valence-electron chi connectivity index (χ3n) is 5.34. The minimum Gasteiger partial charge on any atom is -0.375 e. The summed E-state index contributed by atoms with van der Waals surface area (Å²) in [7, 11) is 0. The lowest BCUT2D eigenvalue weighted by Crippen LogP contribution is -2.26. The number of hydrogen-bond acceptors (Lipinski definition) is 4. The van der Waals surface area contributed by atoms with E-state index in [1.165, 1.54) is 10.4 Å².